The fourth-order valence-electron chi connectivity index (χ4n) is 2.32. The third-order valence-corrected chi connectivity index (χ3v) is 4.32. The first-order valence-corrected chi connectivity index (χ1v) is 7.72. The van der Waals surface area contributed by atoms with E-state index in [1.807, 2.05) is 4.90 Å². The normalized spacial score (nSPS) is 21.2. The molecule has 0 spiro atoms. The molecule has 102 valence electrons. The molecule has 4 N–H and O–H groups in total. The Bertz CT molecular complexity index is 525. The Kier molecular flexibility index (Phi) is 3.49. The fourth-order valence-corrected chi connectivity index (χ4v) is 3.27. The van der Waals surface area contributed by atoms with Gasteiger partial charge in [-0.3, -0.25) is 5.10 Å². The first kappa shape index (κ1) is 13.2. The number of sulfone groups is 1. The van der Waals surface area contributed by atoms with E-state index in [0.29, 0.717) is 12.4 Å². The highest BCUT2D eigenvalue weighted by molar-refractivity contribution is 7.91. The third kappa shape index (κ3) is 2.44. The molecule has 0 bridgehead atoms. The van der Waals surface area contributed by atoms with Crippen LogP contribution in [-0.2, 0) is 9.84 Å². The second kappa shape index (κ2) is 4.77. The fraction of sp³-hybridized carbons (Fsp3) is 0.700. The number of hydrogen-bond donors (Lipinski definition) is 3. The summed E-state index contributed by atoms with van der Waals surface area (Å²) in [7, 11) is -3.42. The number of nitrogens with zero attached hydrogens (tertiary/aromatic N) is 2. The smallest absolute Gasteiger partial charge is 0.182 e. The van der Waals surface area contributed by atoms with E-state index in [9.17, 15) is 13.5 Å². The van der Waals surface area contributed by atoms with Crippen molar-refractivity contribution in [3.63, 3.8) is 0 Å². The molecule has 1 atom stereocenters. The van der Waals surface area contributed by atoms with Crippen LogP contribution in [0.4, 0.5) is 11.6 Å². The highest BCUT2D eigenvalue weighted by atomic mass is 32.2. The molecule has 1 aromatic rings. The van der Waals surface area contributed by atoms with E-state index in [0.717, 1.165) is 25.6 Å². The molecule has 8 heteroatoms. The number of H-pyrrole nitrogens is 1. The first-order valence-electron chi connectivity index (χ1n) is 5.83. The molecule has 1 unspecified atom stereocenters. The van der Waals surface area contributed by atoms with Gasteiger partial charge in [0.05, 0.1) is 0 Å². The zero-order valence-corrected chi connectivity index (χ0v) is 11.1. The minimum Gasteiger partial charge on any atom is -0.396 e. The van der Waals surface area contributed by atoms with Gasteiger partial charge in [0.2, 0.25) is 0 Å². The van der Waals surface area contributed by atoms with E-state index in [-0.39, 0.29) is 23.2 Å². The molecule has 1 saturated heterocycles. The summed E-state index contributed by atoms with van der Waals surface area (Å²) in [5, 5.41) is 15.7. The summed E-state index contributed by atoms with van der Waals surface area (Å²) in [6.45, 7) is 1.43. The Morgan fingerprint density at radius 2 is 2.33 bits per heavy atom. The molecule has 18 heavy (non-hydrogen) atoms. The summed E-state index contributed by atoms with van der Waals surface area (Å²) < 4.78 is 23.4. The molecule has 1 fully saturated rings. The summed E-state index contributed by atoms with van der Waals surface area (Å²) in [6.07, 6.45) is 2.97. The molecule has 0 saturated carbocycles. The summed E-state index contributed by atoms with van der Waals surface area (Å²) in [6, 6.07) is 0. The molecule has 7 nitrogen and oxygen atoms in total. The number of nitrogens with one attached hydrogen (secondary N) is 1. The van der Waals surface area contributed by atoms with Crippen molar-refractivity contribution in [2.45, 2.75) is 17.7 Å². The number of aliphatic hydroxyl groups excluding tert-OH is 1. The molecule has 0 amide bonds. The Morgan fingerprint density at radius 3 is 2.94 bits per heavy atom. The molecular formula is C10H18N4O3S. The van der Waals surface area contributed by atoms with Gasteiger partial charge in [-0.25, -0.2) is 8.42 Å². The Labute approximate surface area is 106 Å². The van der Waals surface area contributed by atoms with Gasteiger partial charge < -0.3 is 15.7 Å². The van der Waals surface area contributed by atoms with Gasteiger partial charge in [-0.15, -0.1) is 0 Å². The predicted molar refractivity (Wildman–Crippen MR) is 68.1 cm³/mol. The van der Waals surface area contributed by atoms with Crippen molar-refractivity contribution in [3.05, 3.63) is 0 Å². The van der Waals surface area contributed by atoms with E-state index in [2.05, 4.69) is 10.2 Å². The molecule has 0 radical (unpaired) electrons. The van der Waals surface area contributed by atoms with Crippen molar-refractivity contribution in [1.29, 1.82) is 0 Å². The van der Waals surface area contributed by atoms with Gasteiger partial charge in [-0.1, -0.05) is 0 Å². The number of nitrogens with two attached hydrogens (primary N) is 1. The number of piperidine rings is 1. The molecule has 1 aliphatic heterocycles. The number of nitrogen functional groups attached to an aromatic ring is 1. The van der Waals surface area contributed by atoms with E-state index < -0.39 is 9.84 Å². The van der Waals surface area contributed by atoms with Crippen LogP contribution in [-0.4, -0.2) is 49.7 Å². The van der Waals surface area contributed by atoms with E-state index in [1.54, 1.807) is 0 Å². The highest BCUT2D eigenvalue weighted by Crippen LogP contribution is 2.30. The van der Waals surface area contributed by atoms with Crippen molar-refractivity contribution in [2.24, 2.45) is 5.92 Å². The van der Waals surface area contributed by atoms with Gasteiger partial charge >= 0.3 is 0 Å². The predicted octanol–water partition coefficient (Wildman–Crippen LogP) is -0.396. The SMILES string of the molecule is CS(=O)(=O)c1c(N2CCCC(CO)C2)n[nH]c1N. The van der Waals surface area contributed by atoms with Gasteiger partial charge in [0, 0.05) is 26.0 Å². The van der Waals surface area contributed by atoms with Crippen LogP contribution in [0.1, 0.15) is 12.8 Å². The maximum Gasteiger partial charge on any atom is 0.182 e. The molecular weight excluding hydrogens is 256 g/mol. The molecule has 1 aromatic heterocycles. The van der Waals surface area contributed by atoms with Crippen molar-refractivity contribution in [1.82, 2.24) is 10.2 Å². The number of aromatic amines is 1. The molecule has 0 aliphatic carbocycles. The van der Waals surface area contributed by atoms with Crippen molar-refractivity contribution >= 4 is 21.5 Å². The topological polar surface area (TPSA) is 112 Å². The lowest BCUT2D eigenvalue weighted by Gasteiger charge is -2.32. The van der Waals surface area contributed by atoms with Crippen LogP contribution in [0.25, 0.3) is 0 Å². The zero-order chi connectivity index (χ0) is 13.3. The van der Waals surface area contributed by atoms with Crippen LogP contribution >= 0.6 is 0 Å². The second-order valence-electron chi connectivity index (χ2n) is 4.70. The average Bonchev–Trinajstić information content (AvgIpc) is 2.71. The van der Waals surface area contributed by atoms with Crippen LogP contribution in [0, 0.1) is 5.92 Å². The van der Waals surface area contributed by atoms with Crippen LogP contribution in [0.5, 0.6) is 0 Å². The maximum atomic E-state index is 11.7. The first-order chi connectivity index (χ1) is 8.43. The minimum atomic E-state index is -3.42. The van der Waals surface area contributed by atoms with Gasteiger partial charge in [-0.2, -0.15) is 5.10 Å². The molecule has 2 heterocycles. The monoisotopic (exact) mass is 274 g/mol. The van der Waals surface area contributed by atoms with Gasteiger partial charge in [-0.05, 0) is 18.8 Å². The number of rotatable bonds is 3. The van der Waals surface area contributed by atoms with Crippen molar-refractivity contribution in [2.75, 3.05) is 36.6 Å². The number of hydrogen-bond acceptors (Lipinski definition) is 6. The Morgan fingerprint density at radius 1 is 1.61 bits per heavy atom. The van der Waals surface area contributed by atoms with Crippen LogP contribution in [0.3, 0.4) is 0 Å². The molecule has 1 aliphatic rings. The standard InChI is InChI=1S/C10H18N4O3S/c1-18(16,17)8-9(11)12-13-10(8)14-4-2-3-7(5-14)6-15/h7,15H,2-6H2,1H3,(H3,11,12,13). The summed E-state index contributed by atoms with van der Waals surface area (Å²) >= 11 is 0. The van der Waals surface area contributed by atoms with Crippen LogP contribution < -0.4 is 10.6 Å². The summed E-state index contributed by atoms with van der Waals surface area (Å²) in [5.41, 5.74) is 5.63. The van der Waals surface area contributed by atoms with Crippen molar-refractivity contribution < 1.29 is 13.5 Å². The third-order valence-electron chi connectivity index (χ3n) is 3.18. The number of aliphatic hydroxyl groups is 1. The largest absolute Gasteiger partial charge is 0.396 e. The average molecular weight is 274 g/mol. The van der Waals surface area contributed by atoms with E-state index >= 15 is 0 Å². The zero-order valence-electron chi connectivity index (χ0n) is 10.3. The lowest BCUT2D eigenvalue weighted by molar-refractivity contribution is 0.208. The molecule has 0 aromatic carbocycles. The number of anilines is 2. The quantitative estimate of drug-likeness (QED) is 0.691. The minimum absolute atomic E-state index is 0.0566. The Balaban J connectivity index is 2.34. The van der Waals surface area contributed by atoms with Crippen LogP contribution in [0.2, 0.25) is 0 Å². The van der Waals surface area contributed by atoms with Gasteiger partial charge in [0.25, 0.3) is 0 Å². The highest BCUT2D eigenvalue weighted by Gasteiger charge is 2.28. The lowest BCUT2D eigenvalue weighted by Crippen LogP contribution is -2.37. The summed E-state index contributed by atoms with van der Waals surface area (Å²) in [5.74, 6) is 0.593. The van der Waals surface area contributed by atoms with Crippen LogP contribution in [0.15, 0.2) is 4.90 Å². The van der Waals surface area contributed by atoms with E-state index in [1.165, 1.54) is 0 Å². The second-order valence-corrected chi connectivity index (χ2v) is 6.65. The van der Waals surface area contributed by atoms with Gasteiger partial charge in [0.1, 0.15) is 5.82 Å². The lowest BCUT2D eigenvalue weighted by atomic mass is 9.99. The molecule has 2 rings (SSSR count). The Hall–Kier alpha value is -1.28. The van der Waals surface area contributed by atoms with Crippen molar-refractivity contribution in [3.8, 4) is 0 Å². The summed E-state index contributed by atoms with van der Waals surface area (Å²) in [4.78, 5) is 1.93. The van der Waals surface area contributed by atoms with E-state index in [4.69, 9.17) is 5.73 Å². The number of aromatic nitrogens is 2. The maximum absolute atomic E-state index is 11.7. The van der Waals surface area contributed by atoms with Gasteiger partial charge in [0.15, 0.2) is 20.6 Å².